The van der Waals surface area contributed by atoms with Gasteiger partial charge in [-0.15, -0.1) is 0 Å². The van der Waals surface area contributed by atoms with Crippen molar-refractivity contribution in [3.05, 3.63) is 96.7 Å². The van der Waals surface area contributed by atoms with E-state index in [1.165, 1.54) is 0 Å². The number of rotatable bonds is 7. The van der Waals surface area contributed by atoms with Crippen LogP contribution in [0.2, 0.25) is 0 Å². The molecule has 0 unspecified atom stereocenters. The van der Waals surface area contributed by atoms with Crippen LogP contribution in [0.3, 0.4) is 0 Å². The summed E-state index contributed by atoms with van der Waals surface area (Å²) in [5.41, 5.74) is 2.89. The molecule has 0 saturated heterocycles. The van der Waals surface area contributed by atoms with Gasteiger partial charge in [-0.05, 0) is 41.5 Å². The summed E-state index contributed by atoms with van der Waals surface area (Å²) in [6.45, 7) is 0. The first-order chi connectivity index (χ1) is 14.8. The van der Waals surface area contributed by atoms with Gasteiger partial charge in [-0.2, -0.15) is 0 Å². The summed E-state index contributed by atoms with van der Waals surface area (Å²) in [5, 5.41) is 3.11. The molecule has 0 spiro atoms. The zero-order chi connectivity index (χ0) is 20.8. The molecule has 0 bridgehead atoms. The molecule has 7 heteroatoms. The number of nitrogens with one attached hydrogen (secondary N) is 1. The summed E-state index contributed by atoms with van der Waals surface area (Å²) < 4.78 is 5.25. The van der Waals surface area contributed by atoms with Gasteiger partial charge >= 0.3 is 0 Å². The maximum Gasteiger partial charge on any atom is 0.213 e. The second-order valence-electron chi connectivity index (χ2n) is 6.54. The molecule has 0 aliphatic rings. The molecule has 4 aromatic heterocycles. The Labute approximate surface area is 175 Å². The van der Waals surface area contributed by atoms with Gasteiger partial charge in [0, 0.05) is 37.9 Å². The first-order valence-electron chi connectivity index (χ1n) is 9.54. The van der Waals surface area contributed by atoms with Crippen molar-refractivity contribution in [2.75, 3.05) is 24.4 Å². The van der Waals surface area contributed by atoms with E-state index in [9.17, 15) is 0 Å². The lowest BCUT2D eigenvalue weighted by atomic mass is 9.99. The number of ether oxygens (including phenoxy) is 1. The second kappa shape index (κ2) is 9.00. The molecule has 0 fully saturated rings. The van der Waals surface area contributed by atoms with Crippen molar-refractivity contribution >= 4 is 17.3 Å². The van der Waals surface area contributed by atoms with Crippen LogP contribution in [0.15, 0.2) is 85.6 Å². The van der Waals surface area contributed by atoms with E-state index in [1.54, 1.807) is 25.7 Å². The van der Waals surface area contributed by atoms with E-state index in [-0.39, 0.29) is 6.04 Å². The molecule has 4 heterocycles. The highest BCUT2D eigenvalue weighted by Crippen LogP contribution is 2.38. The molecule has 0 aliphatic heterocycles. The van der Waals surface area contributed by atoms with Crippen LogP contribution in [0.1, 0.15) is 17.2 Å². The minimum atomic E-state index is -0.206. The SMILES string of the molecule is CNc1cccc(N(c2ccc(OC)nc2)C(c2cccnc2)c2cccnc2)n1. The van der Waals surface area contributed by atoms with Gasteiger partial charge in [0.2, 0.25) is 5.88 Å². The number of methoxy groups -OCH3 is 1. The Morgan fingerprint density at radius 1 is 0.867 bits per heavy atom. The van der Waals surface area contributed by atoms with Crippen LogP contribution in [0, 0.1) is 0 Å². The van der Waals surface area contributed by atoms with Gasteiger partial charge in [-0.1, -0.05) is 18.2 Å². The highest BCUT2D eigenvalue weighted by molar-refractivity contribution is 5.65. The Morgan fingerprint density at radius 3 is 2.13 bits per heavy atom. The quantitative estimate of drug-likeness (QED) is 0.499. The van der Waals surface area contributed by atoms with Gasteiger partial charge in [0.05, 0.1) is 25.0 Å². The average Bonchev–Trinajstić information content (AvgIpc) is 2.83. The fourth-order valence-electron chi connectivity index (χ4n) is 3.31. The average molecular weight is 398 g/mol. The molecule has 0 atom stereocenters. The van der Waals surface area contributed by atoms with Crippen molar-refractivity contribution in [1.82, 2.24) is 19.9 Å². The van der Waals surface area contributed by atoms with Crippen molar-refractivity contribution in [2.24, 2.45) is 0 Å². The van der Waals surface area contributed by atoms with Crippen LogP contribution in [-0.2, 0) is 0 Å². The van der Waals surface area contributed by atoms with E-state index in [4.69, 9.17) is 9.72 Å². The lowest BCUT2D eigenvalue weighted by Crippen LogP contribution is -2.26. The predicted octanol–water partition coefficient (Wildman–Crippen LogP) is 4.24. The molecule has 7 nitrogen and oxygen atoms in total. The van der Waals surface area contributed by atoms with Gasteiger partial charge < -0.3 is 15.0 Å². The summed E-state index contributed by atoms with van der Waals surface area (Å²) in [4.78, 5) is 20.0. The third-order valence-electron chi connectivity index (χ3n) is 4.70. The minimum Gasteiger partial charge on any atom is -0.481 e. The van der Waals surface area contributed by atoms with E-state index in [1.807, 2.05) is 61.9 Å². The largest absolute Gasteiger partial charge is 0.481 e. The molecule has 4 aromatic rings. The predicted molar refractivity (Wildman–Crippen MR) is 117 cm³/mol. The van der Waals surface area contributed by atoms with Gasteiger partial charge in [-0.3, -0.25) is 9.97 Å². The van der Waals surface area contributed by atoms with E-state index in [2.05, 4.69) is 37.3 Å². The van der Waals surface area contributed by atoms with E-state index in [0.717, 1.165) is 28.5 Å². The molecule has 150 valence electrons. The van der Waals surface area contributed by atoms with Gasteiger partial charge in [0.25, 0.3) is 0 Å². The zero-order valence-electron chi connectivity index (χ0n) is 16.8. The van der Waals surface area contributed by atoms with Crippen molar-refractivity contribution in [3.8, 4) is 5.88 Å². The lowest BCUT2D eigenvalue weighted by Gasteiger charge is -2.33. The normalized spacial score (nSPS) is 10.6. The molecule has 1 N–H and O–H groups in total. The molecule has 30 heavy (non-hydrogen) atoms. The van der Waals surface area contributed by atoms with E-state index >= 15 is 0 Å². The summed E-state index contributed by atoms with van der Waals surface area (Å²) >= 11 is 0. The molecule has 0 radical (unpaired) electrons. The third-order valence-corrected chi connectivity index (χ3v) is 4.70. The first kappa shape index (κ1) is 19.3. The molecular weight excluding hydrogens is 376 g/mol. The summed E-state index contributed by atoms with van der Waals surface area (Å²) in [6.07, 6.45) is 9.05. The van der Waals surface area contributed by atoms with Crippen molar-refractivity contribution < 1.29 is 4.74 Å². The number of anilines is 3. The van der Waals surface area contributed by atoms with Crippen LogP contribution in [-0.4, -0.2) is 34.1 Å². The van der Waals surface area contributed by atoms with Crippen LogP contribution in [0.4, 0.5) is 17.3 Å². The zero-order valence-corrected chi connectivity index (χ0v) is 16.8. The van der Waals surface area contributed by atoms with Gasteiger partial charge in [0.15, 0.2) is 0 Å². The van der Waals surface area contributed by atoms with Crippen molar-refractivity contribution in [1.29, 1.82) is 0 Å². The van der Waals surface area contributed by atoms with E-state index < -0.39 is 0 Å². The Balaban J connectivity index is 1.93. The van der Waals surface area contributed by atoms with E-state index in [0.29, 0.717) is 5.88 Å². The lowest BCUT2D eigenvalue weighted by molar-refractivity contribution is 0.398. The number of pyridine rings is 4. The summed E-state index contributed by atoms with van der Waals surface area (Å²) in [5.74, 6) is 2.09. The number of hydrogen-bond acceptors (Lipinski definition) is 7. The number of nitrogens with zero attached hydrogens (tertiary/aromatic N) is 5. The number of hydrogen-bond donors (Lipinski definition) is 1. The fourth-order valence-corrected chi connectivity index (χ4v) is 3.31. The maximum atomic E-state index is 5.25. The fraction of sp³-hybridized carbons (Fsp3) is 0.130. The molecule has 0 aliphatic carbocycles. The van der Waals surface area contributed by atoms with Crippen LogP contribution < -0.4 is 15.0 Å². The standard InChI is InChI=1S/C23H22N6O/c1-24-20-8-3-9-21(28-20)29(19-10-11-22(30-2)27-16-19)23(17-6-4-12-25-14-17)18-7-5-13-26-15-18/h3-16,23H,1-2H3,(H,24,28). The summed E-state index contributed by atoms with van der Waals surface area (Å²) in [6, 6.07) is 17.5. The maximum absolute atomic E-state index is 5.25. The van der Waals surface area contributed by atoms with Crippen molar-refractivity contribution in [3.63, 3.8) is 0 Å². The monoisotopic (exact) mass is 398 g/mol. The van der Waals surface area contributed by atoms with Gasteiger partial charge in [-0.25, -0.2) is 9.97 Å². The smallest absolute Gasteiger partial charge is 0.213 e. The highest BCUT2D eigenvalue weighted by atomic mass is 16.5. The molecule has 0 amide bonds. The molecule has 4 rings (SSSR count). The van der Waals surface area contributed by atoms with Crippen LogP contribution in [0.25, 0.3) is 0 Å². The topological polar surface area (TPSA) is 76.1 Å². The Hall–Kier alpha value is -4.00. The summed E-state index contributed by atoms with van der Waals surface area (Å²) in [7, 11) is 3.46. The van der Waals surface area contributed by atoms with Crippen LogP contribution >= 0.6 is 0 Å². The molecule has 0 aromatic carbocycles. The number of aromatic nitrogens is 4. The first-order valence-corrected chi connectivity index (χ1v) is 9.54. The second-order valence-corrected chi connectivity index (χ2v) is 6.54. The third kappa shape index (κ3) is 4.05. The Morgan fingerprint density at radius 2 is 1.60 bits per heavy atom. The molecule has 0 saturated carbocycles. The van der Waals surface area contributed by atoms with Crippen molar-refractivity contribution in [2.45, 2.75) is 6.04 Å². The Kier molecular flexibility index (Phi) is 5.80. The minimum absolute atomic E-state index is 0.206. The van der Waals surface area contributed by atoms with Crippen LogP contribution in [0.5, 0.6) is 5.88 Å². The molecular formula is C23H22N6O. The highest BCUT2D eigenvalue weighted by Gasteiger charge is 2.26. The Bertz CT molecular complexity index is 1030. The van der Waals surface area contributed by atoms with Gasteiger partial charge in [0.1, 0.15) is 11.6 Å².